The lowest BCUT2D eigenvalue weighted by Gasteiger charge is -1.85. The summed E-state index contributed by atoms with van der Waals surface area (Å²) in [6.07, 6.45) is 0. The van der Waals surface area contributed by atoms with E-state index < -0.39 is 0 Å². The van der Waals surface area contributed by atoms with Crippen LogP contribution in [0, 0.1) is 13.5 Å². The molecule has 0 radical (unpaired) electrons. The number of hydrogen-bond donors (Lipinski definition) is 0. The number of pyridine rings is 1. The number of nitrogens with zero attached hydrogens (tertiary/aromatic N) is 2. The van der Waals surface area contributed by atoms with E-state index in [1.54, 1.807) is 6.07 Å². The number of aryl methyl sites for hydroxylation is 1. The summed E-state index contributed by atoms with van der Waals surface area (Å²) in [7, 11) is 0. The molecule has 2 heteroatoms. The Bertz CT molecular complexity index is 248. The van der Waals surface area contributed by atoms with Crippen LogP contribution in [0.3, 0.4) is 0 Å². The first-order valence-electron chi connectivity index (χ1n) is 3.64. The Kier molecular flexibility index (Phi) is 4.76. The first-order valence-corrected chi connectivity index (χ1v) is 3.64. The van der Waals surface area contributed by atoms with Gasteiger partial charge in [0.2, 0.25) is 0 Å². The third-order valence-corrected chi connectivity index (χ3v) is 0.988. The van der Waals surface area contributed by atoms with E-state index in [1.165, 1.54) is 0 Å². The van der Waals surface area contributed by atoms with E-state index in [1.807, 2.05) is 32.9 Å². The van der Waals surface area contributed by atoms with Crippen LogP contribution in [0.25, 0.3) is 4.85 Å². The summed E-state index contributed by atoms with van der Waals surface area (Å²) in [6.45, 7) is 12.5. The minimum atomic E-state index is 0.468. The lowest BCUT2D eigenvalue weighted by Crippen LogP contribution is -1.75. The molecule has 0 unspecified atom stereocenters. The molecule has 1 rings (SSSR count). The zero-order valence-corrected chi connectivity index (χ0v) is 7.13. The van der Waals surface area contributed by atoms with Crippen molar-refractivity contribution in [2.24, 2.45) is 0 Å². The highest BCUT2D eigenvalue weighted by molar-refractivity contribution is 5.35. The van der Waals surface area contributed by atoms with Crippen LogP contribution in [0.4, 0.5) is 5.82 Å². The second-order valence-electron chi connectivity index (χ2n) is 1.75. The van der Waals surface area contributed by atoms with E-state index in [2.05, 4.69) is 9.83 Å². The van der Waals surface area contributed by atoms with Crippen molar-refractivity contribution in [3.63, 3.8) is 0 Å². The van der Waals surface area contributed by atoms with Crippen LogP contribution in [0.1, 0.15) is 19.5 Å². The molecular weight excluding hydrogens is 136 g/mol. The fourth-order valence-corrected chi connectivity index (χ4v) is 0.591. The van der Waals surface area contributed by atoms with Gasteiger partial charge < -0.3 is 4.85 Å². The number of hydrogen-bond acceptors (Lipinski definition) is 1. The monoisotopic (exact) mass is 148 g/mol. The Morgan fingerprint density at radius 2 is 2.00 bits per heavy atom. The average molecular weight is 148 g/mol. The Morgan fingerprint density at radius 1 is 1.36 bits per heavy atom. The molecule has 0 aliphatic rings. The van der Waals surface area contributed by atoms with Gasteiger partial charge in [-0.2, -0.15) is 0 Å². The zero-order chi connectivity index (χ0) is 8.69. The SMILES string of the molecule is CC.[C-]#[N+]c1cccc(C)n1. The van der Waals surface area contributed by atoms with E-state index in [4.69, 9.17) is 6.57 Å². The predicted molar refractivity (Wildman–Crippen MR) is 46.6 cm³/mol. The van der Waals surface area contributed by atoms with Crippen molar-refractivity contribution < 1.29 is 0 Å². The largest absolute Gasteiger partial charge is 0.361 e. The third kappa shape index (κ3) is 3.36. The molecular formula is C9H12N2. The van der Waals surface area contributed by atoms with Gasteiger partial charge in [-0.25, -0.2) is 0 Å². The number of aromatic nitrogens is 1. The van der Waals surface area contributed by atoms with Crippen molar-refractivity contribution in [3.8, 4) is 0 Å². The highest BCUT2D eigenvalue weighted by Crippen LogP contribution is 2.05. The molecule has 0 saturated heterocycles. The second kappa shape index (κ2) is 5.43. The average Bonchev–Trinajstić information content (AvgIpc) is 2.08. The second-order valence-corrected chi connectivity index (χ2v) is 1.75. The Morgan fingerprint density at radius 3 is 2.36 bits per heavy atom. The van der Waals surface area contributed by atoms with Crippen molar-refractivity contribution in [1.29, 1.82) is 0 Å². The summed E-state index contributed by atoms with van der Waals surface area (Å²) in [4.78, 5) is 7.11. The van der Waals surface area contributed by atoms with Crippen LogP contribution in [-0.2, 0) is 0 Å². The smallest absolute Gasteiger partial charge is 0.269 e. The summed E-state index contributed by atoms with van der Waals surface area (Å²) < 4.78 is 0. The summed E-state index contributed by atoms with van der Waals surface area (Å²) in [5, 5.41) is 0. The van der Waals surface area contributed by atoms with Gasteiger partial charge in [-0.3, -0.25) is 0 Å². The van der Waals surface area contributed by atoms with E-state index in [0.29, 0.717) is 5.82 Å². The lowest BCUT2D eigenvalue weighted by molar-refractivity contribution is 1.22. The highest BCUT2D eigenvalue weighted by Gasteiger charge is 1.90. The highest BCUT2D eigenvalue weighted by atomic mass is 14.9. The molecule has 0 N–H and O–H groups in total. The summed E-state index contributed by atoms with van der Waals surface area (Å²) >= 11 is 0. The fraction of sp³-hybridized carbons (Fsp3) is 0.333. The molecule has 1 aromatic heterocycles. The molecule has 0 spiro atoms. The molecule has 0 aliphatic carbocycles. The molecule has 0 aliphatic heterocycles. The van der Waals surface area contributed by atoms with Crippen LogP contribution in [-0.4, -0.2) is 4.98 Å². The number of rotatable bonds is 0. The molecule has 0 saturated carbocycles. The maximum atomic E-state index is 6.60. The topological polar surface area (TPSA) is 17.2 Å². The van der Waals surface area contributed by atoms with Crippen molar-refractivity contribution >= 4 is 5.82 Å². The van der Waals surface area contributed by atoms with Gasteiger partial charge in [-0.05, 0) is 12.1 Å². The molecule has 0 fully saturated rings. The van der Waals surface area contributed by atoms with E-state index in [-0.39, 0.29) is 0 Å². The molecule has 0 atom stereocenters. The van der Waals surface area contributed by atoms with E-state index in [0.717, 1.165) is 5.69 Å². The molecule has 58 valence electrons. The Labute approximate surface area is 67.7 Å². The zero-order valence-electron chi connectivity index (χ0n) is 7.13. The van der Waals surface area contributed by atoms with Crippen molar-refractivity contribution in [2.75, 3.05) is 0 Å². The normalized spacial score (nSPS) is 7.45. The fourth-order valence-electron chi connectivity index (χ4n) is 0.591. The van der Waals surface area contributed by atoms with Gasteiger partial charge in [0.1, 0.15) is 5.69 Å². The van der Waals surface area contributed by atoms with E-state index >= 15 is 0 Å². The molecule has 0 aromatic carbocycles. The third-order valence-electron chi connectivity index (χ3n) is 0.988. The maximum absolute atomic E-state index is 6.60. The molecule has 1 aromatic rings. The van der Waals surface area contributed by atoms with Gasteiger partial charge >= 0.3 is 0 Å². The standard InChI is InChI=1S/C7H6N2.C2H6/c1-6-4-3-5-7(8-2)9-6;1-2/h3-5H,1H3;1-2H3. The van der Waals surface area contributed by atoms with Gasteiger partial charge in [0.25, 0.3) is 5.82 Å². The summed E-state index contributed by atoms with van der Waals surface area (Å²) in [5.41, 5.74) is 0.892. The first-order chi connectivity index (χ1) is 5.33. The minimum Gasteiger partial charge on any atom is -0.361 e. The van der Waals surface area contributed by atoms with Crippen LogP contribution < -0.4 is 0 Å². The molecule has 0 bridgehead atoms. The van der Waals surface area contributed by atoms with Crippen LogP contribution in [0.2, 0.25) is 0 Å². The Balaban J connectivity index is 0.000000461. The minimum absolute atomic E-state index is 0.468. The van der Waals surface area contributed by atoms with Crippen molar-refractivity contribution in [3.05, 3.63) is 35.3 Å². The Hall–Kier alpha value is -1.36. The quantitative estimate of drug-likeness (QED) is 0.517. The van der Waals surface area contributed by atoms with Crippen LogP contribution in [0.5, 0.6) is 0 Å². The lowest BCUT2D eigenvalue weighted by atomic mass is 10.4. The maximum Gasteiger partial charge on any atom is 0.269 e. The predicted octanol–water partition coefficient (Wildman–Crippen LogP) is 2.97. The summed E-state index contributed by atoms with van der Waals surface area (Å²) in [6, 6.07) is 5.39. The van der Waals surface area contributed by atoms with Gasteiger partial charge in [0, 0.05) is 6.92 Å². The van der Waals surface area contributed by atoms with E-state index in [9.17, 15) is 0 Å². The van der Waals surface area contributed by atoms with Crippen LogP contribution >= 0.6 is 0 Å². The molecule has 0 amide bonds. The van der Waals surface area contributed by atoms with Crippen LogP contribution in [0.15, 0.2) is 18.2 Å². The van der Waals surface area contributed by atoms with Gasteiger partial charge in [-0.1, -0.05) is 26.5 Å². The first kappa shape index (κ1) is 9.64. The molecule has 11 heavy (non-hydrogen) atoms. The van der Waals surface area contributed by atoms with Gasteiger partial charge in [-0.15, -0.1) is 4.98 Å². The summed E-state index contributed by atoms with van der Waals surface area (Å²) in [5.74, 6) is 0.468. The molecule has 1 heterocycles. The van der Waals surface area contributed by atoms with Crippen molar-refractivity contribution in [1.82, 2.24) is 4.98 Å². The van der Waals surface area contributed by atoms with Crippen molar-refractivity contribution in [2.45, 2.75) is 20.8 Å². The molecule has 2 nitrogen and oxygen atoms in total. The van der Waals surface area contributed by atoms with Gasteiger partial charge in [0.15, 0.2) is 0 Å². The van der Waals surface area contributed by atoms with Gasteiger partial charge in [0.05, 0.1) is 0 Å².